The predicted octanol–water partition coefficient (Wildman–Crippen LogP) is 3.28. The number of sulfonamides is 1. The summed E-state index contributed by atoms with van der Waals surface area (Å²) in [4.78, 5) is 12.4. The molecule has 7 heteroatoms. The number of amides is 1. The molecule has 3 rings (SSSR count). The Balaban J connectivity index is 1.49. The maximum absolute atomic E-state index is 12.3. The minimum atomic E-state index is -3.69. The van der Waals surface area contributed by atoms with Crippen LogP contribution in [0, 0.1) is 12.8 Å². The lowest BCUT2D eigenvalue weighted by molar-refractivity contribution is -0.121. The van der Waals surface area contributed by atoms with Gasteiger partial charge in [-0.05, 0) is 37.0 Å². The third-order valence-corrected chi connectivity index (χ3v) is 5.98. The van der Waals surface area contributed by atoms with E-state index in [-0.39, 0.29) is 16.7 Å². The molecule has 28 heavy (non-hydrogen) atoms. The molecule has 0 aliphatic carbocycles. The first-order valence-corrected chi connectivity index (χ1v) is 10.8. The molecule has 0 fully saturated rings. The Kier molecular flexibility index (Phi) is 6.14. The molecule has 0 unspecified atom stereocenters. The number of nitrogens with one attached hydrogen (secondary N) is 2. The quantitative estimate of drug-likeness (QED) is 0.748. The highest BCUT2D eigenvalue weighted by molar-refractivity contribution is 7.90. The average Bonchev–Trinajstić information content (AvgIpc) is 2.62. The van der Waals surface area contributed by atoms with E-state index in [4.69, 9.17) is 0 Å². The molecule has 1 amide bonds. The Morgan fingerprint density at radius 1 is 1.14 bits per heavy atom. The molecule has 6 nitrogen and oxygen atoms in total. The van der Waals surface area contributed by atoms with Crippen LogP contribution in [0.15, 0.2) is 57.8 Å². The van der Waals surface area contributed by atoms with Crippen molar-refractivity contribution in [3.05, 3.63) is 59.7 Å². The van der Waals surface area contributed by atoms with Crippen LogP contribution in [0.4, 0.5) is 5.69 Å². The maximum Gasteiger partial charge on any atom is 0.286 e. The van der Waals surface area contributed by atoms with Crippen molar-refractivity contribution in [1.29, 1.82) is 0 Å². The Morgan fingerprint density at radius 2 is 1.86 bits per heavy atom. The molecule has 2 aromatic carbocycles. The number of nitrogens with zero attached hydrogens (tertiary/aromatic N) is 1. The molecule has 1 heterocycles. The van der Waals surface area contributed by atoms with Gasteiger partial charge in [-0.3, -0.25) is 4.79 Å². The zero-order valence-electron chi connectivity index (χ0n) is 16.1. The predicted molar refractivity (Wildman–Crippen MR) is 111 cm³/mol. The molecule has 2 N–H and O–H groups in total. The number of carbonyl (C=O) groups is 1. The smallest absolute Gasteiger partial charge is 0.286 e. The lowest BCUT2D eigenvalue weighted by Crippen LogP contribution is -2.29. The number of hydrogen-bond acceptors (Lipinski definition) is 4. The van der Waals surface area contributed by atoms with Crippen LogP contribution in [0.2, 0.25) is 0 Å². The van der Waals surface area contributed by atoms with E-state index in [0.717, 1.165) is 6.42 Å². The number of para-hydroxylation sites is 1. The van der Waals surface area contributed by atoms with E-state index in [0.29, 0.717) is 30.9 Å². The van der Waals surface area contributed by atoms with Crippen molar-refractivity contribution in [2.75, 3.05) is 11.9 Å². The Labute approximate surface area is 166 Å². The summed E-state index contributed by atoms with van der Waals surface area (Å²) in [5.41, 5.74) is 2.93. The highest BCUT2D eigenvalue weighted by atomic mass is 32.2. The van der Waals surface area contributed by atoms with E-state index >= 15 is 0 Å². The van der Waals surface area contributed by atoms with Crippen LogP contribution >= 0.6 is 0 Å². The minimum Gasteiger partial charge on any atom is -0.356 e. The van der Waals surface area contributed by atoms with Crippen molar-refractivity contribution in [2.45, 2.75) is 38.0 Å². The van der Waals surface area contributed by atoms with Gasteiger partial charge in [0.1, 0.15) is 10.7 Å². The van der Waals surface area contributed by atoms with Gasteiger partial charge in [0, 0.05) is 19.4 Å². The molecule has 0 saturated heterocycles. The molecule has 0 spiro atoms. The SMILES string of the molecule is Cc1ccc(CCNC(=O)C[C@@H](C)CC2=NS(=O)(=O)c3ccccc3N2)cc1. The first kappa shape index (κ1) is 20.1. The Hall–Kier alpha value is -2.67. The van der Waals surface area contributed by atoms with E-state index < -0.39 is 10.0 Å². The molecular formula is C21H25N3O3S. The minimum absolute atomic E-state index is 0.0360. The molecule has 1 aliphatic rings. The van der Waals surface area contributed by atoms with Crippen LogP contribution in [0.1, 0.15) is 30.9 Å². The van der Waals surface area contributed by atoms with Gasteiger partial charge < -0.3 is 10.6 Å². The van der Waals surface area contributed by atoms with E-state index in [2.05, 4.69) is 39.3 Å². The number of rotatable bonds is 7. The Bertz CT molecular complexity index is 982. The van der Waals surface area contributed by atoms with E-state index in [1.165, 1.54) is 17.2 Å². The van der Waals surface area contributed by atoms with Crippen molar-refractivity contribution >= 4 is 27.5 Å². The van der Waals surface area contributed by atoms with Gasteiger partial charge >= 0.3 is 0 Å². The summed E-state index contributed by atoms with van der Waals surface area (Å²) in [6, 6.07) is 14.9. The molecule has 2 aromatic rings. The van der Waals surface area contributed by atoms with Crippen LogP contribution < -0.4 is 10.6 Å². The first-order valence-electron chi connectivity index (χ1n) is 9.35. The van der Waals surface area contributed by atoms with Crippen molar-refractivity contribution in [1.82, 2.24) is 5.32 Å². The summed E-state index contributed by atoms with van der Waals surface area (Å²) >= 11 is 0. The average molecular weight is 400 g/mol. The Morgan fingerprint density at radius 3 is 2.61 bits per heavy atom. The van der Waals surface area contributed by atoms with Crippen molar-refractivity contribution in [2.24, 2.45) is 10.3 Å². The largest absolute Gasteiger partial charge is 0.356 e. The second kappa shape index (κ2) is 8.56. The fourth-order valence-electron chi connectivity index (χ4n) is 3.15. The summed E-state index contributed by atoms with van der Waals surface area (Å²) in [7, 11) is -3.69. The van der Waals surface area contributed by atoms with Crippen molar-refractivity contribution < 1.29 is 13.2 Å². The number of benzene rings is 2. The summed E-state index contributed by atoms with van der Waals surface area (Å²) in [5.74, 6) is 0.295. The van der Waals surface area contributed by atoms with Gasteiger partial charge in [0.25, 0.3) is 10.0 Å². The molecular weight excluding hydrogens is 374 g/mol. The monoisotopic (exact) mass is 399 g/mol. The lowest BCUT2D eigenvalue weighted by atomic mass is 10.0. The van der Waals surface area contributed by atoms with Crippen molar-refractivity contribution in [3.63, 3.8) is 0 Å². The summed E-state index contributed by atoms with van der Waals surface area (Å²) in [6.45, 7) is 4.54. The van der Waals surface area contributed by atoms with Gasteiger partial charge in [0.15, 0.2) is 0 Å². The normalized spacial score (nSPS) is 15.7. The number of hydrogen-bond donors (Lipinski definition) is 2. The second-order valence-corrected chi connectivity index (χ2v) is 8.81. The highest BCUT2D eigenvalue weighted by Gasteiger charge is 2.25. The van der Waals surface area contributed by atoms with Crippen molar-refractivity contribution in [3.8, 4) is 0 Å². The molecule has 0 saturated carbocycles. The van der Waals surface area contributed by atoms with Gasteiger partial charge in [-0.1, -0.05) is 48.9 Å². The number of fused-ring (bicyclic) bond motifs is 1. The second-order valence-electron chi connectivity index (χ2n) is 7.23. The summed E-state index contributed by atoms with van der Waals surface area (Å²) < 4.78 is 28.4. The van der Waals surface area contributed by atoms with Crippen LogP contribution in [0.25, 0.3) is 0 Å². The van der Waals surface area contributed by atoms with Crippen LogP contribution in [0.3, 0.4) is 0 Å². The highest BCUT2D eigenvalue weighted by Crippen LogP contribution is 2.28. The standard InChI is InChI=1S/C21H25N3O3S/c1-15-7-9-17(10-8-15)11-12-22-21(25)14-16(2)13-20-23-18-5-3-4-6-19(18)28(26,27)24-20/h3-10,16H,11-14H2,1-2H3,(H,22,25)(H,23,24)/t16-/m0/s1. The third kappa shape index (κ3) is 5.19. The number of amidine groups is 1. The molecule has 1 aliphatic heterocycles. The molecule has 148 valence electrons. The zero-order valence-corrected chi connectivity index (χ0v) is 16.9. The zero-order chi connectivity index (χ0) is 20.1. The summed E-state index contributed by atoms with van der Waals surface area (Å²) in [5, 5.41) is 5.99. The van der Waals surface area contributed by atoms with Crippen LogP contribution in [0.5, 0.6) is 0 Å². The van der Waals surface area contributed by atoms with Crippen LogP contribution in [-0.2, 0) is 21.2 Å². The summed E-state index contributed by atoms with van der Waals surface area (Å²) in [6.07, 6.45) is 1.49. The van der Waals surface area contributed by atoms with Crippen LogP contribution in [-0.4, -0.2) is 26.7 Å². The number of carbonyl (C=O) groups excluding carboxylic acids is 1. The fourth-order valence-corrected chi connectivity index (χ4v) is 4.30. The van der Waals surface area contributed by atoms with E-state index in [1.54, 1.807) is 18.2 Å². The lowest BCUT2D eigenvalue weighted by Gasteiger charge is -2.20. The number of anilines is 1. The molecule has 0 aromatic heterocycles. The topological polar surface area (TPSA) is 87.6 Å². The number of aryl methyl sites for hydroxylation is 1. The van der Waals surface area contributed by atoms with Gasteiger partial charge in [0.05, 0.1) is 5.69 Å². The molecule has 0 radical (unpaired) electrons. The first-order chi connectivity index (χ1) is 13.3. The molecule has 0 bridgehead atoms. The van der Waals surface area contributed by atoms with Gasteiger partial charge in [-0.2, -0.15) is 8.42 Å². The van der Waals surface area contributed by atoms with Gasteiger partial charge in [-0.15, -0.1) is 4.40 Å². The van der Waals surface area contributed by atoms with E-state index in [9.17, 15) is 13.2 Å². The van der Waals surface area contributed by atoms with Gasteiger partial charge in [0.2, 0.25) is 5.91 Å². The maximum atomic E-state index is 12.3. The van der Waals surface area contributed by atoms with Gasteiger partial charge in [-0.25, -0.2) is 0 Å². The molecule has 1 atom stereocenters. The van der Waals surface area contributed by atoms with E-state index in [1.807, 2.05) is 13.8 Å². The fraction of sp³-hybridized carbons (Fsp3) is 0.333. The third-order valence-electron chi connectivity index (χ3n) is 4.61.